The van der Waals surface area contributed by atoms with Gasteiger partial charge in [0.05, 0.1) is 23.7 Å². The van der Waals surface area contributed by atoms with E-state index < -0.39 is 21.2 Å². The SMILES string of the molecule is O=S1(=O)CCCC1c1ncc2n1CCCC2O. The van der Waals surface area contributed by atoms with E-state index in [1.807, 2.05) is 4.57 Å². The number of aliphatic hydroxyl groups is 1. The average Bonchev–Trinajstić information content (AvgIpc) is 2.82. The van der Waals surface area contributed by atoms with Crippen LogP contribution < -0.4 is 0 Å². The third-order valence-electron chi connectivity index (χ3n) is 3.73. The van der Waals surface area contributed by atoms with Gasteiger partial charge in [-0.1, -0.05) is 0 Å². The number of aliphatic hydroxyl groups excluding tert-OH is 1. The van der Waals surface area contributed by atoms with Gasteiger partial charge in [0.2, 0.25) is 0 Å². The Labute approximate surface area is 100 Å². The van der Waals surface area contributed by atoms with Gasteiger partial charge in [-0.3, -0.25) is 0 Å². The molecule has 0 spiro atoms. The lowest BCUT2D eigenvalue weighted by molar-refractivity contribution is 0.138. The highest BCUT2D eigenvalue weighted by molar-refractivity contribution is 7.91. The molecule has 3 rings (SSSR count). The molecule has 1 aromatic heterocycles. The first kappa shape index (κ1) is 11.2. The van der Waals surface area contributed by atoms with Crippen LogP contribution in [0.15, 0.2) is 6.20 Å². The molecule has 6 heteroatoms. The summed E-state index contributed by atoms with van der Waals surface area (Å²) in [6.45, 7) is 0.772. The highest BCUT2D eigenvalue weighted by Crippen LogP contribution is 2.36. The topological polar surface area (TPSA) is 72.2 Å². The minimum Gasteiger partial charge on any atom is -0.387 e. The fraction of sp³-hybridized carbons (Fsp3) is 0.727. The molecule has 1 N–H and O–H groups in total. The Morgan fingerprint density at radius 2 is 2.18 bits per heavy atom. The molecular weight excluding hydrogens is 240 g/mol. The van der Waals surface area contributed by atoms with Crippen LogP contribution in [0.4, 0.5) is 0 Å². The molecule has 2 atom stereocenters. The van der Waals surface area contributed by atoms with Gasteiger partial charge < -0.3 is 9.67 Å². The van der Waals surface area contributed by atoms with Gasteiger partial charge in [0.25, 0.3) is 0 Å². The first-order chi connectivity index (χ1) is 8.09. The van der Waals surface area contributed by atoms with Crippen LogP contribution in [-0.2, 0) is 16.4 Å². The summed E-state index contributed by atoms with van der Waals surface area (Å²) in [5.74, 6) is 0.902. The fourth-order valence-electron chi connectivity index (χ4n) is 2.84. The molecule has 3 heterocycles. The van der Waals surface area contributed by atoms with E-state index in [1.54, 1.807) is 6.20 Å². The number of rotatable bonds is 1. The summed E-state index contributed by atoms with van der Waals surface area (Å²) in [6.07, 6.45) is 4.14. The zero-order chi connectivity index (χ0) is 12.0. The summed E-state index contributed by atoms with van der Waals surface area (Å²) >= 11 is 0. The molecule has 1 aromatic rings. The minimum absolute atomic E-state index is 0.266. The standard InChI is InChI=1S/C11H16N2O3S/c14-9-3-1-5-13-8(9)7-12-11(13)10-4-2-6-17(10,15)16/h7,9-10,14H,1-6H2. The maximum atomic E-state index is 11.9. The maximum absolute atomic E-state index is 11.9. The van der Waals surface area contributed by atoms with E-state index in [4.69, 9.17) is 0 Å². The number of hydrogen-bond acceptors (Lipinski definition) is 4. The summed E-state index contributed by atoms with van der Waals surface area (Å²) in [5, 5.41) is 9.38. The van der Waals surface area contributed by atoms with E-state index in [2.05, 4.69) is 4.98 Å². The van der Waals surface area contributed by atoms with E-state index in [1.165, 1.54) is 0 Å². The van der Waals surface area contributed by atoms with Crippen LogP contribution in [0.5, 0.6) is 0 Å². The molecule has 1 saturated heterocycles. The van der Waals surface area contributed by atoms with E-state index in [-0.39, 0.29) is 5.75 Å². The quantitative estimate of drug-likeness (QED) is 0.812. The van der Waals surface area contributed by atoms with Gasteiger partial charge in [-0.15, -0.1) is 0 Å². The lowest BCUT2D eigenvalue weighted by Crippen LogP contribution is -2.20. The van der Waals surface area contributed by atoms with Crippen LogP contribution in [0, 0.1) is 0 Å². The number of aromatic nitrogens is 2. The Bertz CT molecular complexity index is 535. The van der Waals surface area contributed by atoms with Crippen molar-refractivity contribution >= 4 is 9.84 Å². The van der Waals surface area contributed by atoms with Crippen LogP contribution in [-0.4, -0.2) is 28.8 Å². The summed E-state index contributed by atoms with van der Waals surface area (Å²) in [6, 6.07) is 0. The first-order valence-corrected chi connectivity index (χ1v) is 7.76. The number of imidazole rings is 1. The number of sulfone groups is 1. The molecular formula is C11H16N2O3S. The second kappa shape index (κ2) is 3.81. The lowest BCUT2D eigenvalue weighted by Gasteiger charge is -2.22. The van der Waals surface area contributed by atoms with Crippen LogP contribution in [0.2, 0.25) is 0 Å². The predicted molar refractivity (Wildman–Crippen MR) is 62.2 cm³/mol. The van der Waals surface area contributed by atoms with E-state index in [9.17, 15) is 13.5 Å². The third kappa shape index (κ3) is 1.70. The summed E-state index contributed by atoms with van der Waals surface area (Å²) in [5.41, 5.74) is 0.772. The smallest absolute Gasteiger partial charge is 0.160 e. The zero-order valence-corrected chi connectivity index (χ0v) is 10.4. The molecule has 0 saturated carbocycles. The Kier molecular flexibility index (Phi) is 2.52. The molecule has 2 aliphatic rings. The Balaban J connectivity index is 2.05. The molecule has 0 aromatic carbocycles. The van der Waals surface area contributed by atoms with Gasteiger partial charge in [0.15, 0.2) is 9.84 Å². The summed E-state index contributed by atoms with van der Waals surface area (Å²) < 4.78 is 25.7. The van der Waals surface area contributed by atoms with Gasteiger partial charge in [0.1, 0.15) is 11.1 Å². The van der Waals surface area contributed by atoms with Crippen LogP contribution in [0.1, 0.15) is 48.6 Å². The molecule has 94 valence electrons. The van der Waals surface area contributed by atoms with E-state index in [0.717, 1.165) is 31.5 Å². The van der Waals surface area contributed by atoms with Crippen molar-refractivity contribution in [1.29, 1.82) is 0 Å². The molecule has 17 heavy (non-hydrogen) atoms. The largest absolute Gasteiger partial charge is 0.387 e. The van der Waals surface area contributed by atoms with Crippen molar-refractivity contribution < 1.29 is 13.5 Å². The van der Waals surface area contributed by atoms with E-state index in [0.29, 0.717) is 12.2 Å². The van der Waals surface area contributed by atoms with Gasteiger partial charge >= 0.3 is 0 Å². The van der Waals surface area contributed by atoms with Crippen LogP contribution in [0.3, 0.4) is 0 Å². The first-order valence-electron chi connectivity index (χ1n) is 6.04. The second-order valence-corrected chi connectivity index (χ2v) is 7.15. The average molecular weight is 256 g/mol. The fourth-order valence-corrected chi connectivity index (χ4v) is 4.73. The number of hydrogen-bond donors (Lipinski definition) is 1. The van der Waals surface area contributed by atoms with Crippen molar-refractivity contribution in [3.8, 4) is 0 Å². The second-order valence-electron chi connectivity index (χ2n) is 4.85. The van der Waals surface area contributed by atoms with Crippen molar-refractivity contribution in [3.05, 3.63) is 17.7 Å². The Morgan fingerprint density at radius 1 is 1.35 bits per heavy atom. The Morgan fingerprint density at radius 3 is 2.88 bits per heavy atom. The van der Waals surface area contributed by atoms with Crippen molar-refractivity contribution in [3.63, 3.8) is 0 Å². The number of nitrogens with zero attached hydrogens (tertiary/aromatic N) is 2. The van der Waals surface area contributed by atoms with Gasteiger partial charge in [-0.2, -0.15) is 0 Å². The minimum atomic E-state index is -3.03. The Hall–Kier alpha value is -0.880. The van der Waals surface area contributed by atoms with Crippen LogP contribution in [0.25, 0.3) is 0 Å². The van der Waals surface area contributed by atoms with Gasteiger partial charge in [0, 0.05) is 6.54 Å². The molecule has 0 aliphatic carbocycles. The van der Waals surface area contributed by atoms with Gasteiger partial charge in [-0.25, -0.2) is 13.4 Å². The van der Waals surface area contributed by atoms with Crippen molar-refractivity contribution in [2.75, 3.05) is 5.75 Å². The van der Waals surface area contributed by atoms with E-state index >= 15 is 0 Å². The third-order valence-corrected chi connectivity index (χ3v) is 5.91. The molecule has 1 fully saturated rings. The molecule has 0 radical (unpaired) electrons. The molecule has 2 unspecified atom stereocenters. The highest BCUT2D eigenvalue weighted by Gasteiger charge is 2.37. The number of fused-ring (bicyclic) bond motifs is 1. The summed E-state index contributed by atoms with van der Waals surface area (Å²) in [7, 11) is -3.03. The molecule has 0 bridgehead atoms. The van der Waals surface area contributed by atoms with Gasteiger partial charge in [-0.05, 0) is 25.7 Å². The monoisotopic (exact) mass is 256 g/mol. The maximum Gasteiger partial charge on any atom is 0.160 e. The lowest BCUT2D eigenvalue weighted by atomic mass is 10.1. The van der Waals surface area contributed by atoms with Crippen molar-refractivity contribution in [1.82, 2.24) is 9.55 Å². The summed E-state index contributed by atoms with van der Waals surface area (Å²) in [4.78, 5) is 4.25. The predicted octanol–water partition coefficient (Wildman–Crippen LogP) is 0.960. The molecule has 5 nitrogen and oxygen atoms in total. The van der Waals surface area contributed by atoms with Crippen molar-refractivity contribution in [2.45, 2.75) is 43.6 Å². The normalized spacial score (nSPS) is 31.4. The highest BCUT2D eigenvalue weighted by atomic mass is 32.2. The molecule has 2 aliphatic heterocycles. The molecule has 0 amide bonds. The zero-order valence-electron chi connectivity index (χ0n) is 9.54. The van der Waals surface area contributed by atoms with Crippen molar-refractivity contribution in [2.24, 2.45) is 0 Å². The van der Waals surface area contributed by atoms with Crippen LogP contribution >= 0.6 is 0 Å².